The molecule has 0 heterocycles. The number of esters is 1. The molecular weight excluding hydrogens is 247 g/mol. The zero-order chi connectivity index (χ0) is 9.56. The number of Topliss-reactive ketones (excluding diaryl/α,β-unsaturated/α-hetero) is 1. The fourth-order valence-corrected chi connectivity index (χ4v) is 0.862. The Labute approximate surface area is 104 Å². The first kappa shape index (κ1) is 15.7. The minimum absolute atomic E-state index is 0. The second-order valence-electron chi connectivity index (χ2n) is 2.60. The molecule has 0 N–H and O–H groups in total. The Bertz CT molecular complexity index is 173. The Morgan fingerprint density at radius 3 is 2.23 bits per heavy atom. The van der Waals surface area contributed by atoms with Crippen LogP contribution in [0.3, 0.4) is 0 Å². The third-order valence-electron chi connectivity index (χ3n) is 1.52. The fourth-order valence-electron chi connectivity index (χ4n) is 0.862. The molecule has 0 aliphatic carbocycles. The van der Waals surface area contributed by atoms with Gasteiger partial charge < -0.3 is 14.8 Å². The van der Waals surface area contributed by atoms with Gasteiger partial charge in [-0.15, -0.1) is 6.04 Å². The fraction of sp³-hybridized carbons (Fsp3) is 0.750. The SMILES string of the molecule is C[N-]C(CC(C)=O)CC(=O)OC.[Y]. The molecule has 0 bridgehead atoms. The second-order valence-corrected chi connectivity index (χ2v) is 2.60. The number of carbonyl (C=O) groups excluding carboxylic acids is 2. The molecule has 0 aromatic heterocycles. The van der Waals surface area contributed by atoms with E-state index in [0.717, 1.165) is 0 Å². The zero-order valence-corrected chi connectivity index (χ0v) is 11.1. The normalized spacial score (nSPS) is 11.3. The van der Waals surface area contributed by atoms with Crippen LogP contribution in [0.4, 0.5) is 0 Å². The summed E-state index contributed by atoms with van der Waals surface area (Å²) in [4.78, 5) is 21.4. The van der Waals surface area contributed by atoms with Crippen LogP contribution in [0.5, 0.6) is 0 Å². The number of methoxy groups -OCH3 is 1. The summed E-state index contributed by atoms with van der Waals surface area (Å²) in [6.45, 7) is 1.48. The first-order valence-electron chi connectivity index (χ1n) is 3.75. The van der Waals surface area contributed by atoms with Crippen LogP contribution in [0.15, 0.2) is 0 Å². The van der Waals surface area contributed by atoms with Crippen LogP contribution in [0.2, 0.25) is 0 Å². The topological polar surface area (TPSA) is 57.5 Å². The summed E-state index contributed by atoms with van der Waals surface area (Å²) in [6.07, 6.45) is 0.498. The summed E-state index contributed by atoms with van der Waals surface area (Å²) in [5.41, 5.74) is 0. The molecule has 1 unspecified atom stereocenters. The maximum absolute atomic E-state index is 10.8. The van der Waals surface area contributed by atoms with Crippen molar-refractivity contribution in [2.24, 2.45) is 0 Å². The third kappa shape index (κ3) is 8.53. The molecule has 0 aromatic rings. The van der Waals surface area contributed by atoms with E-state index in [2.05, 4.69) is 10.1 Å². The van der Waals surface area contributed by atoms with Gasteiger partial charge in [-0.2, -0.15) is 7.05 Å². The van der Waals surface area contributed by atoms with Crippen LogP contribution in [0, 0.1) is 0 Å². The molecule has 0 saturated heterocycles. The van der Waals surface area contributed by atoms with E-state index in [1.807, 2.05) is 0 Å². The Morgan fingerprint density at radius 1 is 1.38 bits per heavy atom. The van der Waals surface area contributed by atoms with Gasteiger partial charge in [-0.25, -0.2) is 0 Å². The molecule has 0 fully saturated rings. The minimum atomic E-state index is -0.327. The summed E-state index contributed by atoms with van der Waals surface area (Å²) in [5.74, 6) is -0.290. The van der Waals surface area contributed by atoms with Gasteiger partial charge in [0.2, 0.25) is 0 Å². The van der Waals surface area contributed by atoms with E-state index < -0.39 is 0 Å². The van der Waals surface area contributed by atoms with Crippen LogP contribution >= 0.6 is 0 Å². The molecule has 0 spiro atoms. The van der Waals surface area contributed by atoms with Gasteiger partial charge in [-0.3, -0.25) is 4.79 Å². The van der Waals surface area contributed by atoms with Gasteiger partial charge >= 0.3 is 5.97 Å². The molecule has 73 valence electrons. The minimum Gasteiger partial charge on any atom is -0.661 e. The Kier molecular flexibility index (Phi) is 10.6. The number of rotatable bonds is 5. The van der Waals surface area contributed by atoms with E-state index in [1.165, 1.54) is 14.0 Å². The van der Waals surface area contributed by atoms with Crippen LogP contribution in [0.1, 0.15) is 19.8 Å². The molecule has 1 radical (unpaired) electrons. The monoisotopic (exact) mass is 261 g/mol. The second kappa shape index (κ2) is 8.79. The van der Waals surface area contributed by atoms with Crippen LogP contribution in [-0.2, 0) is 47.0 Å². The van der Waals surface area contributed by atoms with E-state index in [9.17, 15) is 9.59 Å². The summed E-state index contributed by atoms with van der Waals surface area (Å²) in [7, 11) is 2.92. The van der Waals surface area contributed by atoms with Gasteiger partial charge in [0.25, 0.3) is 0 Å². The molecule has 0 rings (SSSR count). The van der Waals surface area contributed by atoms with Crippen LogP contribution < -0.4 is 0 Å². The summed E-state index contributed by atoms with van der Waals surface area (Å²) in [6, 6.07) is -0.227. The number of nitrogens with zero attached hydrogens (tertiary/aromatic N) is 1. The predicted octanol–water partition coefficient (Wildman–Crippen LogP) is 0.898. The summed E-state index contributed by atoms with van der Waals surface area (Å²) < 4.78 is 4.45. The quantitative estimate of drug-likeness (QED) is 0.691. The number of hydrogen-bond donors (Lipinski definition) is 0. The van der Waals surface area contributed by atoms with Crippen molar-refractivity contribution in [3.8, 4) is 0 Å². The molecule has 1 atom stereocenters. The summed E-state index contributed by atoms with van der Waals surface area (Å²) >= 11 is 0. The van der Waals surface area contributed by atoms with Crippen molar-refractivity contribution in [3.63, 3.8) is 0 Å². The van der Waals surface area contributed by atoms with E-state index in [0.29, 0.717) is 6.42 Å². The van der Waals surface area contributed by atoms with Gasteiger partial charge in [-0.1, -0.05) is 0 Å². The third-order valence-corrected chi connectivity index (χ3v) is 1.52. The van der Waals surface area contributed by atoms with Gasteiger partial charge in [0.1, 0.15) is 5.78 Å². The Morgan fingerprint density at radius 2 is 1.92 bits per heavy atom. The average Bonchev–Trinajstić information content (AvgIpc) is 2.02. The average molecular weight is 261 g/mol. The van der Waals surface area contributed by atoms with Crippen molar-refractivity contribution in [2.45, 2.75) is 25.8 Å². The molecule has 4 nitrogen and oxygen atoms in total. The molecule has 0 aliphatic heterocycles. The van der Waals surface area contributed by atoms with Gasteiger partial charge in [0.15, 0.2) is 0 Å². The van der Waals surface area contributed by atoms with E-state index in [4.69, 9.17) is 0 Å². The van der Waals surface area contributed by atoms with Crippen molar-refractivity contribution in [1.29, 1.82) is 0 Å². The molecule has 0 aliphatic rings. The molecule has 13 heavy (non-hydrogen) atoms. The van der Waals surface area contributed by atoms with Crippen molar-refractivity contribution < 1.29 is 47.0 Å². The van der Waals surface area contributed by atoms with Crippen LogP contribution in [0.25, 0.3) is 5.32 Å². The van der Waals surface area contributed by atoms with Crippen LogP contribution in [-0.4, -0.2) is 32.0 Å². The first-order chi connectivity index (χ1) is 5.60. The first-order valence-corrected chi connectivity index (χ1v) is 3.75. The number of ether oxygens (including phenoxy) is 1. The van der Waals surface area contributed by atoms with E-state index in [1.54, 1.807) is 7.05 Å². The van der Waals surface area contributed by atoms with E-state index in [-0.39, 0.29) is 56.9 Å². The largest absolute Gasteiger partial charge is 0.661 e. The van der Waals surface area contributed by atoms with Gasteiger partial charge in [0.05, 0.1) is 7.11 Å². The molecular formula is C8H14NO3Y-. The smallest absolute Gasteiger partial charge is 0.304 e. The summed E-state index contributed by atoms with van der Waals surface area (Å²) in [5, 5.41) is 3.89. The van der Waals surface area contributed by atoms with Gasteiger partial charge in [0, 0.05) is 39.1 Å². The maximum Gasteiger partial charge on any atom is 0.304 e. The number of ketones is 1. The molecule has 0 amide bonds. The Hall–Kier alpha value is 0.204. The molecule has 0 saturated carbocycles. The van der Waals surface area contributed by atoms with Crippen molar-refractivity contribution >= 4 is 11.8 Å². The van der Waals surface area contributed by atoms with Crippen molar-refractivity contribution in [1.82, 2.24) is 0 Å². The molecule has 5 heteroatoms. The Balaban J connectivity index is 0. The van der Waals surface area contributed by atoms with Gasteiger partial charge in [-0.05, 0) is 13.3 Å². The molecule has 0 aromatic carbocycles. The predicted molar refractivity (Wildman–Crippen MR) is 45.0 cm³/mol. The zero-order valence-electron chi connectivity index (χ0n) is 8.24. The van der Waals surface area contributed by atoms with E-state index >= 15 is 0 Å². The van der Waals surface area contributed by atoms with Crippen molar-refractivity contribution in [2.75, 3.05) is 14.2 Å². The van der Waals surface area contributed by atoms with Crippen molar-refractivity contribution in [3.05, 3.63) is 5.32 Å². The number of hydrogen-bond acceptors (Lipinski definition) is 3. The standard InChI is InChI=1S/C8H14NO3.Y/c1-6(10)4-7(9-2)5-8(11)12-3;/h7H,4-5H2,1-3H3;/q-1;. The maximum atomic E-state index is 10.8. The number of carbonyl (C=O) groups is 2.